The Morgan fingerprint density at radius 2 is 1.89 bits per heavy atom. The normalized spacial score (nSPS) is 20.1. The van der Waals surface area contributed by atoms with Gasteiger partial charge in [-0.2, -0.15) is 5.26 Å². The Kier molecular flexibility index (Phi) is 8.71. The molecule has 1 saturated heterocycles. The van der Waals surface area contributed by atoms with Crippen LogP contribution >= 0.6 is 0 Å². The molecule has 0 bridgehead atoms. The number of nitrogens with zero attached hydrogens (tertiary/aromatic N) is 3. The monoisotopic (exact) mass is 542 g/mol. The van der Waals surface area contributed by atoms with Crippen LogP contribution < -0.4 is 9.62 Å². The number of benzene rings is 2. The molecule has 1 aliphatic heterocycles. The van der Waals surface area contributed by atoms with Crippen molar-refractivity contribution in [2.24, 2.45) is 0 Å². The van der Waals surface area contributed by atoms with Gasteiger partial charge in [-0.15, -0.1) is 0 Å². The third-order valence-electron chi connectivity index (χ3n) is 7.74. The SMILES string of the molecule is COC1(C(=O)NS(=O)(=O)c2cc(F)c(N3CCN(C)C[C@H]3CCc3ccccc3)c(C#N)c2)CCCCC1. The van der Waals surface area contributed by atoms with Crippen LogP contribution in [0, 0.1) is 17.1 Å². The van der Waals surface area contributed by atoms with Gasteiger partial charge in [0.1, 0.15) is 17.5 Å². The summed E-state index contributed by atoms with van der Waals surface area (Å²) in [6.45, 7) is 1.87. The van der Waals surface area contributed by atoms with Crippen molar-refractivity contribution in [1.29, 1.82) is 5.26 Å². The zero-order chi connectivity index (χ0) is 27.3. The highest BCUT2D eigenvalue weighted by atomic mass is 32.2. The van der Waals surface area contributed by atoms with Crippen LogP contribution in [0.1, 0.15) is 49.7 Å². The largest absolute Gasteiger partial charge is 0.368 e. The number of halogens is 1. The third kappa shape index (κ3) is 6.01. The Morgan fingerprint density at radius 1 is 1.18 bits per heavy atom. The maximum atomic E-state index is 15.7. The molecule has 2 aliphatic rings. The number of rotatable bonds is 8. The number of nitrogens with one attached hydrogen (secondary N) is 1. The summed E-state index contributed by atoms with van der Waals surface area (Å²) in [6, 6.07) is 14.0. The molecule has 2 aromatic carbocycles. The van der Waals surface area contributed by atoms with Crippen LogP contribution in [0.15, 0.2) is 47.4 Å². The number of hydrogen-bond acceptors (Lipinski definition) is 7. The molecule has 38 heavy (non-hydrogen) atoms. The van der Waals surface area contributed by atoms with Gasteiger partial charge in [0.05, 0.1) is 16.1 Å². The highest BCUT2D eigenvalue weighted by molar-refractivity contribution is 7.90. The second-order valence-corrected chi connectivity index (χ2v) is 11.9. The molecule has 4 rings (SSSR count). The number of aryl methyl sites for hydroxylation is 1. The number of anilines is 1. The molecule has 0 radical (unpaired) electrons. The molecule has 1 saturated carbocycles. The van der Waals surface area contributed by atoms with Crippen LogP contribution in [0.3, 0.4) is 0 Å². The first-order valence-corrected chi connectivity index (χ1v) is 14.5. The number of likely N-dealkylation sites (N-methyl/N-ethyl adjacent to an activating group) is 1. The fourth-order valence-corrected chi connectivity index (χ4v) is 6.64. The molecular weight excluding hydrogens is 507 g/mol. The number of ether oxygens (including phenoxy) is 1. The summed E-state index contributed by atoms with van der Waals surface area (Å²) in [4.78, 5) is 16.6. The summed E-state index contributed by atoms with van der Waals surface area (Å²) in [5.41, 5.74) is -0.0327. The lowest BCUT2D eigenvalue weighted by Gasteiger charge is -2.42. The van der Waals surface area contributed by atoms with E-state index in [1.165, 1.54) is 12.7 Å². The molecule has 2 aromatic rings. The van der Waals surface area contributed by atoms with E-state index in [1.807, 2.05) is 48.3 Å². The number of carbonyl (C=O) groups is 1. The maximum absolute atomic E-state index is 15.7. The minimum absolute atomic E-state index is 0.0643. The van der Waals surface area contributed by atoms with Gasteiger partial charge in [0, 0.05) is 32.8 Å². The minimum Gasteiger partial charge on any atom is -0.368 e. The zero-order valence-corrected chi connectivity index (χ0v) is 22.8. The number of hydrogen-bond donors (Lipinski definition) is 1. The van der Waals surface area contributed by atoms with Crippen molar-refractivity contribution in [3.8, 4) is 6.07 Å². The lowest BCUT2D eigenvalue weighted by molar-refractivity contribution is -0.145. The van der Waals surface area contributed by atoms with Crippen molar-refractivity contribution in [3.63, 3.8) is 0 Å². The van der Waals surface area contributed by atoms with Gasteiger partial charge in [-0.05, 0) is 50.4 Å². The van der Waals surface area contributed by atoms with Crippen molar-refractivity contribution in [2.45, 2.75) is 61.5 Å². The Hall–Kier alpha value is -3.00. The van der Waals surface area contributed by atoms with Gasteiger partial charge >= 0.3 is 0 Å². The van der Waals surface area contributed by atoms with Crippen LogP contribution in [0.2, 0.25) is 0 Å². The molecule has 0 unspecified atom stereocenters. The fraction of sp³-hybridized carbons (Fsp3) is 0.500. The van der Waals surface area contributed by atoms with Crippen LogP contribution in [0.5, 0.6) is 0 Å². The van der Waals surface area contributed by atoms with Crippen molar-refractivity contribution in [2.75, 3.05) is 38.7 Å². The summed E-state index contributed by atoms with van der Waals surface area (Å²) in [5, 5.41) is 9.92. The Morgan fingerprint density at radius 3 is 2.55 bits per heavy atom. The van der Waals surface area contributed by atoms with E-state index in [9.17, 15) is 18.5 Å². The van der Waals surface area contributed by atoms with Gasteiger partial charge in [0.25, 0.3) is 15.9 Å². The average Bonchev–Trinajstić information content (AvgIpc) is 2.92. The molecule has 8 nitrogen and oxygen atoms in total. The van der Waals surface area contributed by atoms with E-state index >= 15 is 4.39 Å². The van der Waals surface area contributed by atoms with Gasteiger partial charge in [-0.25, -0.2) is 17.5 Å². The number of sulfonamides is 1. The Labute approximate surface area is 224 Å². The fourth-order valence-electron chi connectivity index (χ4n) is 5.56. The molecule has 0 spiro atoms. The van der Waals surface area contributed by atoms with Crippen LogP contribution in [0.4, 0.5) is 10.1 Å². The molecule has 1 N–H and O–H groups in total. The van der Waals surface area contributed by atoms with Gasteiger partial charge in [-0.3, -0.25) is 4.79 Å². The standard InChI is InChI=1S/C28H35FN4O4S/c1-32-15-16-33(23(20-32)12-11-21-9-5-3-6-10-21)26-22(19-30)17-24(18-25(26)29)38(35,36)31-27(34)28(37-2)13-7-4-8-14-28/h3,5-6,9-10,17-18,23H,4,7-8,11-16,20H2,1-2H3,(H,31,34)/t23-/m1/s1. The molecule has 2 fully saturated rings. The van der Waals surface area contributed by atoms with E-state index in [0.717, 1.165) is 44.2 Å². The molecule has 0 aromatic heterocycles. The second kappa shape index (κ2) is 11.8. The van der Waals surface area contributed by atoms with E-state index in [0.29, 0.717) is 32.5 Å². The van der Waals surface area contributed by atoms with E-state index < -0.39 is 32.2 Å². The average molecular weight is 543 g/mol. The lowest BCUT2D eigenvalue weighted by Crippen LogP contribution is -2.52. The summed E-state index contributed by atoms with van der Waals surface area (Å²) in [7, 11) is -1.03. The Bertz CT molecular complexity index is 1290. The number of piperazine rings is 1. The van der Waals surface area contributed by atoms with Crippen LogP contribution in [-0.2, 0) is 26.0 Å². The smallest absolute Gasteiger partial charge is 0.265 e. The highest BCUT2D eigenvalue weighted by Crippen LogP contribution is 2.34. The van der Waals surface area contributed by atoms with E-state index in [2.05, 4.69) is 9.62 Å². The summed E-state index contributed by atoms with van der Waals surface area (Å²) in [5.74, 6) is -1.56. The van der Waals surface area contributed by atoms with Gasteiger partial charge in [-0.1, -0.05) is 49.6 Å². The van der Waals surface area contributed by atoms with Gasteiger partial charge in [0.15, 0.2) is 0 Å². The first kappa shape index (κ1) is 28.0. The van der Waals surface area contributed by atoms with Crippen molar-refractivity contribution in [1.82, 2.24) is 9.62 Å². The molecule has 1 heterocycles. The topological polar surface area (TPSA) is 103 Å². The quantitative estimate of drug-likeness (QED) is 0.544. The summed E-state index contributed by atoms with van der Waals surface area (Å²) in [6.07, 6.45) is 4.80. The minimum atomic E-state index is -4.43. The van der Waals surface area contributed by atoms with Crippen molar-refractivity contribution in [3.05, 3.63) is 59.4 Å². The summed E-state index contributed by atoms with van der Waals surface area (Å²) >= 11 is 0. The lowest BCUT2D eigenvalue weighted by atomic mass is 9.84. The van der Waals surface area contributed by atoms with E-state index in [-0.39, 0.29) is 17.3 Å². The first-order chi connectivity index (χ1) is 18.2. The predicted octanol–water partition coefficient (Wildman–Crippen LogP) is 3.60. The molecule has 1 atom stereocenters. The van der Waals surface area contributed by atoms with Crippen molar-refractivity contribution < 1.29 is 22.3 Å². The molecule has 204 valence electrons. The third-order valence-corrected chi connectivity index (χ3v) is 9.05. The zero-order valence-electron chi connectivity index (χ0n) is 22.0. The van der Waals surface area contributed by atoms with E-state index in [1.54, 1.807) is 0 Å². The van der Waals surface area contributed by atoms with Gasteiger partial charge < -0.3 is 14.5 Å². The number of carbonyl (C=O) groups excluding carboxylic acids is 1. The molecular formula is C28H35FN4O4S. The maximum Gasteiger partial charge on any atom is 0.265 e. The number of amides is 1. The number of nitriles is 1. The first-order valence-electron chi connectivity index (χ1n) is 13.0. The van der Waals surface area contributed by atoms with Gasteiger partial charge in [0.2, 0.25) is 0 Å². The second-order valence-electron chi connectivity index (χ2n) is 10.2. The molecule has 1 aliphatic carbocycles. The molecule has 1 amide bonds. The predicted molar refractivity (Wildman–Crippen MR) is 143 cm³/mol. The summed E-state index contributed by atoms with van der Waals surface area (Å²) < 4.78 is 49.5. The highest BCUT2D eigenvalue weighted by Gasteiger charge is 2.42. The van der Waals surface area contributed by atoms with Crippen molar-refractivity contribution >= 4 is 21.6 Å². The van der Waals surface area contributed by atoms with Crippen LogP contribution in [-0.4, -0.2) is 64.7 Å². The Balaban J connectivity index is 1.60. The number of methoxy groups -OCH3 is 1. The molecule has 10 heteroatoms. The van der Waals surface area contributed by atoms with Crippen LogP contribution in [0.25, 0.3) is 0 Å². The van der Waals surface area contributed by atoms with E-state index in [4.69, 9.17) is 4.74 Å².